The second kappa shape index (κ2) is 9.40. The zero-order valence-corrected chi connectivity index (χ0v) is 16.5. The molecule has 0 amide bonds. The van der Waals surface area contributed by atoms with E-state index in [1.807, 2.05) is 18.2 Å². The molecule has 3 rings (SSSR count). The summed E-state index contributed by atoms with van der Waals surface area (Å²) in [5.41, 5.74) is 3.51. The molecule has 1 aliphatic rings. The quantitative estimate of drug-likeness (QED) is 0.660. The van der Waals surface area contributed by atoms with Crippen LogP contribution in [0.2, 0.25) is 5.02 Å². The van der Waals surface area contributed by atoms with E-state index in [0.29, 0.717) is 6.61 Å². The Labute approximate surface area is 161 Å². The lowest BCUT2D eigenvalue weighted by molar-refractivity contribution is -0.0298. The summed E-state index contributed by atoms with van der Waals surface area (Å²) in [5, 5.41) is 0.755. The van der Waals surface area contributed by atoms with Crippen LogP contribution in [0.4, 0.5) is 0 Å². The van der Waals surface area contributed by atoms with Crippen molar-refractivity contribution in [3.05, 3.63) is 64.2 Å². The molecule has 26 heavy (non-hydrogen) atoms. The van der Waals surface area contributed by atoms with Crippen molar-refractivity contribution in [2.45, 2.75) is 39.4 Å². The number of rotatable bonds is 7. The SMILES string of the molecule is CCCN1CCOC(c2ccc(OCc3cc(CC)ccc3Cl)cc2)C1. The lowest BCUT2D eigenvalue weighted by Gasteiger charge is -2.33. The van der Waals surface area contributed by atoms with E-state index < -0.39 is 0 Å². The normalized spacial score (nSPS) is 18.0. The van der Waals surface area contributed by atoms with Gasteiger partial charge in [-0.3, -0.25) is 4.90 Å². The number of aryl methyl sites for hydroxylation is 1. The van der Waals surface area contributed by atoms with Crippen molar-refractivity contribution in [3.8, 4) is 5.75 Å². The van der Waals surface area contributed by atoms with E-state index in [0.717, 1.165) is 49.0 Å². The maximum absolute atomic E-state index is 6.28. The first kappa shape index (κ1) is 19.2. The predicted molar refractivity (Wildman–Crippen MR) is 107 cm³/mol. The van der Waals surface area contributed by atoms with Crippen LogP contribution in [-0.4, -0.2) is 31.1 Å². The Bertz CT molecular complexity index is 700. The lowest BCUT2D eigenvalue weighted by Crippen LogP contribution is -2.38. The zero-order chi connectivity index (χ0) is 18.4. The average molecular weight is 374 g/mol. The molecule has 1 heterocycles. The molecule has 4 heteroatoms. The van der Waals surface area contributed by atoms with Gasteiger partial charge >= 0.3 is 0 Å². The number of ether oxygens (including phenoxy) is 2. The summed E-state index contributed by atoms with van der Waals surface area (Å²) in [5.74, 6) is 0.855. The highest BCUT2D eigenvalue weighted by molar-refractivity contribution is 6.31. The number of benzene rings is 2. The van der Waals surface area contributed by atoms with Crippen LogP contribution in [-0.2, 0) is 17.8 Å². The van der Waals surface area contributed by atoms with Crippen molar-refractivity contribution in [2.24, 2.45) is 0 Å². The van der Waals surface area contributed by atoms with E-state index in [2.05, 4.69) is 43.0 Å². The number of halogens is 1. The fourth-order valence-electron chi connectivity index (χ4n) is 3.32. The molecular weight excluding hydrogens is 346 g/mol. The largest absolute Gasteiger partial charge is 0.489 e. The summed E-state index contributed by atoms with van der Waals surface area (Å²) in [6.07, 6.45) is 2.33. The molecular formula is C22H28ClNO2. The van der Waals surface area contributed by atoms with Gasteiger partial charge in [0.1, 0.15) is 12.4 Å². The van der Waals surface area contributed by atoms with E-state index in [1.54, 1.807) is 0 Å². The fraction of sp³-hybridized carbons (Fsp3) is 0.455. The van der Waals surface area contributed by atoms with E-state index in [4.69, 9.17) is 21.1 Å². The molecule has 1 saturated heterocycles. The van der Waals surface area contributed by atoms with E-state index >= 15 is 0 Å². The minimum absolute atomic E-state index is 0.153. The van der Waals surface area contributed by atoms with Gasteiger partial charge in [0.15, 0.2) is 0 Å². The van der Waals surface area contributed by atoms with Crippen LogP contribution in [0.3, 0.4) is 0 Å². The molecule has 0 bridgehead atoms. The minimum atomic E-state index is 0.153. The van der Waals surface area contributed by atoms with Gasteiger partial charge in [0, 0.05) is 23.7 Å². The fourth-order valence-corrected chi connectivity index (χ4v) is 3.49. The summed E-state index contributed by atoms with van der Waals surface area (Å²) in [4.78, 5) is 2.47. The second-order valence-corrected chi connectivity index (χ2v) is 7.20. The minimum Gasteiger partial charge on any atom is -0.489 e. The molecule has 3 nitrogen and oxygen atoms in total. The molecule has 0 aliphatic carbocycles. The second-order valence-electron chi connectivity index (χ2n) is 6.80. The van der Waals surface area contributed by atoms with E-state index in [9.17, 15) is 0 Å². The third kappa shape index (κ3) is 5.00. The summed E-state index contributed by atoms with van der Waals surface area (Å²) in [7, 11) is 0. The van der Waals surface area contributed by atoms with Crippen molar-refractivity contribution in [3.63, 3.8) is 0 Å². The molecule has 1 fully saturated rings. The van der Waals surface area contributed by atoms with Gasteiger partial charge in [-0.15, -0.1) is 0 Å². The number of hydrogen-bond donors (Lipinski definition) is 0. The Kier molecular flexibility index (Phi) is 6.95. The molecule has 2 aromatic rings. The molecule has 0 N–H and O–H groups in total. The summed E-state index contributed by atoms with van der Waals surface area (Å²) in [6, 6.07) is 14.4. The Hall–Kier alpha value is -1.55. The summed E-state index contributed by atoms with van der Waals surface area (Å²) in [6.45, 7) is 8.78. The maximum atomic E-state index is 6.28. The number of hydrogen-bond acceptors (Lipinski definition) is 3. The maximum Gasteiger partial charge on any atom is 0.119 e. The van der Waals surface area contributed by atoms with E-state index in [1.165, 1.54) is 17.5 Å². The molecule has 0 saturated carbocycles. The van der Waals surface area contributed by atoms with E-state index in [-0.39, 0.29) is 6.10 Å². The lowest BCUT2D eigenvalue weighted by atomic mass is 10.1. The van der Waals surface area contributed by atoms with Gasteiger partial charge in [0.25, 0.3) is 0 Å². The Morgan fingerprint density at radius 2 is 1.96 bits per heavy atom. The zero-order valence-electron chi connectivity index (χ0n) is 15.7. The van der Waals surface area contributed by atoms with Crippen LogP contribution in [0.1, 0.15) is 43.1 Å². The van der Waals surface area contributed by atoms with Crippen molar-refractivity contribution in [1.82, 2.24) is 4.90 Å². The van der Waals surface area contributed by atoms with Crippen LogP contribution in [0.25, 0.3) is 0 Å². The van der Waals surface area contributed by atoms with Gasteiger partial charge in [0.2, 0.25) is 0 Å². The highest BCUT2D eigenvalue weighted by atomic mass is 35.5. The molecule has 1 atom stereocenters. The van der Waals surface area contributed by atoms with Crippen LogP contribution in [0, 0.1) is 0 Å². The first-order valence-corrected chi connectivity index (χ1v) is 9.91. The van der Waals surface area contributed by atoms with Gasteiger partial charge in [-0.25, -0.2) is 0 Å². The van der Waals surface area contributed by atoms with Gasteiger partial charge in [-0.2, -0.15) is 0 Å². The molecule has 1 aliphatic heterocycles. The van der Waals surface area contributed by atoms with Crippen LogP contribution >= 0.6 is 11.6 Å². The van der Waals surface area contributed by atoms with Crippen LogP contribution in [0.15, 0.2) is 42.5 Å². The van der Waals surface area contributed by atoms with Gasteiger partial charge in [0.05, 0.1) is 12.7 Å². The smallest absolute Gasteiger partial charge is 0.119 e. The van der Waals surface area contributed by atoms with Gasteiger partial charge < -0.3 is 9.47 Å². The predicted octanol–water partition coefficient (Wildman–Crippen LogP) is 5.26. The van der Waals surface area contributed by atoms with Crippen LogP contribution < -0.4 is 4.74 Å². The third-order valence-corrected chi connectivity index (χ3v) is 5.22. The third-order valence-electron chi connectivity index (χ3n) is 4.86. The first-order chi connectivity index (χ1) is 12.7. The van der Waals surface area contributed by atoms with Crippen molar-refractivity contribution < 1.29 is 9.47 Å². The van der Waals surface area contributed by atoms with Gasteiger partial charge in [-0.05, 0) is 48.7 Å². The Morgan fingerprint density at radius 1 is 1.15 bits per heavy atom. The summed E-state index contributed by atoms with van der Waals surface area (Å²) >= 11 is 6.28. The first-order valence-electron chi connectivity index (χ1n) is 9.53. The number of nitrogens with zero attached hydrogens (tertiary/aromatic N) is 1. The molecule has 1 unspecified atom stereocenters. The molecule has 0 spiro atoms. The molecule has 0 radical (unpaired) electrons. The topological polar surface area (TPSA) is 21.7 Å². The number of morpholine rings is 1. The van der Waals surface area contributed by atoms with Gasteiger partial charge in [-0.1, -0.05) is 49.7 Å². The highest BCUT2D eigenvalue weighted by Gasteiger charge is 2.21. The van der Waals surface area contributed by atoms with Crippen molar-refractivity contribution >= 4 is 11.6 Å². The van der Waals surface area contributed by atoms with Crippen LogP contribution in [0.5, 0.6) is 5.75 Å². The molecule has 140 valence electrons. The Balaban J connectivity index is 1.59. The summed E-state index contributed by atoms with van der Waals surface area (Å²) < 4.78 is 11.9. The highest BCUT2D eigenvalue weighted by Crippen LogP contribution is 2.25. The van der Waals surface area contributed by atoms with Crippen molar-refractivity contribution in [2.75, 3.05) is 26.2 Å². The monoisotopic (exact) mass is 373 g/mol. The standard InChI is InChI=1S/C22H28ClNO2/c1-3-11-24-12-13-25-22(15-24)18-6-8-20(9-7-18)26-16-19-14-17(4-2)5-10-21(19)23/h5-10,14,22H,3-4,11-13,15-16H2,1-2H3. The molecule has 2 aromatic carbocycles. The Morgan fingerprint density at radius 3 is 2.69 bits per heavy atom. The average Bonchev–Trinajstić information content (AvgIpc) is 2.68. The van der Waals surface area contributed by atoms with Crippen molar-refractivity contribution in [1.29, 1.82) is 0 Å². The molecule has 0 aromatic heterocycles.